The number of hydrogen-bond donors (Lipinski definition) is 1. The second-order valence-electron chi connectivity index (χ2n) is 2.33. The fraction of sp³-hybridized carbons (Fsp3) is 1.00. The molecule has 0 fully saturated rings. The Hall–Kier alpha value is -0.250. The zero-order valence-electron chi connectivity index (χ0n) is 6.13. The Morgan fingerprint density at radius 2 is 1.90 bits per heavy atom. The summed E-state index contributed by atoms with van der Waals surface area (Å²) in [6.45, 7) is 1.61. The highest BCUT2D eigenvalue weighted by Gasteiger charge is 2.34. The molecule has 0 amide bonds. The monoisotopic (exact) mass is 155 g/mol. The first-order valence-electron chi connectivity index (χ1n) is 3.19. The van der Waals surface area contributed by atoms with Gasteiger partial charge in [-0.05, 0) is 20.0 Å². The molecule has 1 atom stereocenters. The first kappa shape index (κ1) is 9.75. The summed E-state index contributed by atoms with van der Waals surface area (Å²) >= 11 is 0. The van der Waals surface area contributed by atoms with E-state index in [0.29, 0.717) is 6.54 Å². The highest BCUT2D eigenvalue weighted by molar-refractivity contribution is 4.62. The van der Waals surface area contributed by atoms with Gasteiger partial charge >= 0.3 is 6.18 Å². The number of rotatable bonds is 3. The van der Waals surface area contributed by atoms with Gasteiger partial charge in [0, 0.05) is 0 Å². The van der Waals surface area contributed by atoms with Crippen molar-refractivity contribution in [1.29, 1.82) is 0 Å². The van der Waals surface area contributed by atoms with Gasteiger partial charge in [-0.2, -0.15) is 13.2 Å². The summed E-state index contributed by atoms with van der Waals surface area (Å²) in [6.07, 6.45) is -3.88. The third-order valence-electron chi connectivity index (χ3n) is 1.39. The summed E-state index contributed by atoms with van der Waals surface area (Å²) in [7, 11) is 1.64. The lowest BCUT2D eigenvalue weighted by atomic mass is 10.1. The van der Waals surface area contributed by atoms with E-state index in [0.717, 1.165) is 0 Å². The van der Waals surface area contributed by atoms with E-state index < -0.39 is 12.1 Å². The fourth-order valence-electron chi connectivity index (χ4n) is 0.525. The van der Waals surface area contributed by atoms with Crippen molar-refractivity contribution in [3.05, 3.63) is 0 Å². The molecule has 1 nitrogen and oxygen atoms in total. The molecule has 0 aliphatic carbocycles. The van der Waals surface area contributed by atoms with Crippen LogP contribution in [-0.2, 0) is 0 Å². The lowest BCUT2D eigenvalue weighted by Gasteiger charge is -2.14. The highest BCUT2D eigenvalue weighted by atomic mass is 19.4. The molecule has 0 saturated heterocycles. The quantitative estimate of drug-likeness (QED) is 0.655. The van der Waals surface area contributed by atoms with Crippen LogP contribution in [-0.4, -0.2) is 19.8 Å². The SMILES string of the molecule is CNCCC(C)C(F)(F)F. The van der Waals surface area contributed by atoms with Gasteiger partial charge in [0.05, 0.1) is 5.92 Å². The summed E-state index contributed by atoms with van der Waals surface area (Å²) in [4.78, 5) is 0. The molecular formula is C6H12F3N. The Kier molecular flexibility index (Phi) is 3.71. The van der Waals surface area contributed by atoms with Crippen LogP contribution >= 0.6 is 0 Å². The molecule has 0 rings (SSSR count). The highest BCUT2D eigenvalue weighted by Crippen LogP contribution is 2.27. The molecule has 0 aromatic carbocycles. The first-order chi connectivity index (χ1) is 4.48. The van der Waals surface area contributed by atoms with Crippen LogP contribution in [0.2, 0.25) is 0 Å². The van der Waals surface area contributed by atoms with Crippen LogP contribution in [0.5, 0.6) is 0 Å². The molecule has 0 aliphatic rings. The van der Waals surface area contributed by atoms with Gasteiger partial charge in [-0.1, -0.05) is 6.92 Å². The second-order valence-corrected chi connectivity index (χ2v) is 2.33. The Morgan fingerprint density at radius 1 is 1.40 bits per heavy atom. The van der Waals surface area contributed by atoms with Crippen molar-refractivity contribution in [3.63, 3.8) is 0 Å². The standard InChI is InChI=1S/C6H12F3N/c1-5(3-4-10-2)6(7,8)9/h5,10H,3-4H2,1-2H3. The Labute approximate surface area is 58.6 Å². The van der Waals surface area contributed by atoms with Gasteiger partial charge in [-0.15, -0.1) is 0 Å². The molecule has 0 heterocycles. The van der Waals surface area contributed by atoms with Crippen LogP contribution in [0.4, 0.5) is 13.2 Å². The van der Waals surface area contributed by atoms with E-state index in [1.54, 1.807) is 7.05 Å². The number of alkyl halides is 3. The maximum Gasteiger partial charge on any atom is 0.391 e. The average Bonchev–Trinajstić information content (AvgIpc) is 1.80. The van der Waals surface area contributed by atoms with Gasteiger partial charge < -0.3 is 5.32 Å². The summed E-state index contributed by atoms with van der Waals surface area (Å²) < 4.78 is 35.2. The zero-order chi connectivity index (χ0) is 8.20. The van der Waals surface area contributed by atoms with Crippen molar-refractivity contribution in [2.45, 2.75) is 19.5 Å². The first-order valence-corrected chi connectivity index (χ1v) is 3.19. The van der Waals surface area contributed by atoms with E-state index in [2.05, 4.69) is 5.32 Å². The largest absolute Gasteiger partial charge is 0.391 e. The zero-order valence-corrected chi connectivity index (χ0v) is 6.13. The molecule has 62 valence electrons. The summed E-state index contributed by atoms with van der Waals surface area (Å²) in [6, 6.07) is 0. The maximum atomic E-state index is 11.7. The van der Waals surface area contributed by atoms with Gasteiger partial charge in [-0.25, -0.2) is 0 Å². The van der Waals surface area contributed by atoms with E-state index in [4.69, 9.17) is 0 Å². The summed E-state index contributed by atoms with van der Waals surface area (Å²) in [5, 5.41) is 2.67. The molecule has 10 heavy (non-hydrogen) atoms. The van der Waals surface area contributed by atoms with E-state index >= 15 is 0 Å². The van der Waals surface area contributed by atoms with Crippen molar-refractivity contribution in [3.8, 4) is 0 Å². The molecule has 1 N–H and O–H groups in total. The smallest absolute Gasteiger partial charge is 0.320 e. The number of hydrogen-bond acceptors (Lipinski definition) is 1. The van der Waals surface area contributed by atoms with Crippen LogP contribution in [0.25, 0.3) is 0 Å². The lowest BCUT2D eigenvalue weighted by molar-refractivity contribution is -0.170. The van der Waals surface area contributed by atoms with Gasteiger partial charge in [0.1, 0.15) is 0 Å². The van der Waals surface area contributed by atoms with E-state index in [9.17, 15) is 13.2 Å². The van der Waals surface area contributed by atoms with Crippen LogP contribution in [0.15, 0.2) is 0 Å². The van der Waals surface area contributed by atoms with Crippen LogP contribution < -0.4 is 5.32 Å². The molecule has 0 radical (unpaired) electrons. The Morgan fingerprint density at radius 3 is 2.20 bits per heavy atom. The summed E-state index contributed by atoms with van der Waals surface area (Å²) in [5.41, 5.74) is 0. The second kappa shape index (κ2) is 3.81. The van der Waals surface area contributed by atoms with Gasteiger partial charge in [-0.3, -0.25) is 0 Å². The maximum absolute atomic E-state index is 11.7. The third-order valence-corrected chi connectivity index (χ3v) is 1.39. The van der Waals surface area contributed by atoms with Crippen molar-refractivity contribution in [2.75, 3.05) is 13.6 Å². The molecule has 0 aromatic heterocycles. The van der Waals surface area contributed by atoms with Gasteiger partial charge in [0.15, 0.2) is 0 Å². The van der Waals surface area contributed by atoms with E-state index in [1.165, 1.54) is 6.92 Å². The van der Waals surface area contributed by atoms with Crippen molar-refractivity contribution >= 4 is 0 Å². The molecular weight excluding hydrogens is 143 g/mol. The molecule has 0 bridgehead atoms. The Balaban J connectivity index is 3.52. The van der Waals surface area contributed by atoms with Crippen molar-refractivity contribution in [2.24, 2.45) is 5.92 Å². The lowest BCUT2D eigenvalue weighted by Crippen LogP contribution is -2.23. The molecule has 0 saturated carbocycles. The third kappa shape index (κ3) is 3.71. The normalized spacial score (nSPS) is 15.3. The molecule has 0 aliphatic heterocycles. The summed E-state index contributed by atoms with van der Waals surface area (Å²) in [5.74, 6) is -1.19. The average molecular weight is 155 g/mol. The predicted octanol–water partition coefficient (Wildman–Crippen LogP) is 1.79. The minimum absolute atomic E-state index is 0.153. The van der Waals surface area contributed by atoms with E-state index in [-0.39, 0.29) is 6.42 Å². The van der Waals surface area contributed by atoms with E-state index in [1.807, 2.05) is 0 Å². The van der Waals surface area contributed by atoms with Crippen LogP contribution in [0, 0.1) is 5.92 Å². The Bertz CT molecular complexity index is 89.5. The van der Waals surface area contributed by atoms with Crippen molar-refractivity contribution < 1.29 is 13.2 Å². The molecule has 0 aromatic rings. The molecule has 0 spiro atoms. The van der Waals surface area contributed by atoms with Gasteiger partial charge in [0.2, 0.25) is 0 Å². The number of nitrogens with one attached hydrogen (secondary N) is 1. The topological polar surface area (TPSA) is 12.0 Å². The molecule has 4 heteroatoms. The molecule has 1 unspecified atom stereocenters. The van der Waals surface area contributed by atoms with Gasteiger partial charge in [0.25, 0.3) is 0 Å². The van der Waals surface area contributed by atoms with Crippen molar-refractivity contribution in [1.82, 2.24) is 5.32 Å². The van der Waals surface area contributed by atoms with Crippen LogP contribution in [0.1, 0.15) is 13.3 Å². The number of halogens is 3. The fourth-order valence-corrected chi connectivity index (χ4v) is 0.525. The van der Waals surface area contributed by atoms with Crippen LogP contribution in [0.3, 0.4) is 0 Å². The predicted molar refractivity (Wildman–Crippen MR) is 33.8 cm³/mol. The minimum atomic E-state index is -4.03. The minimum Gasteiger partial charge on any atom is -0.320 e.